The summed E-state index contributed by atoms with van der Waals surface area (Å²) in [6.07, 6.45) is 2.24. The maximum atomic E-state index is 11.8. The molecular weight excluding hydrogens is 266 g/mol. The average molecular weight is 287 g/mol. The second kappa shape index (κ2) is 7.59. The lowest BCUT2D eigenvalue weighted by molar-refractivity contribution is 0.415. The van der Waals surface area contributed by atoms with E-state index in [4.69, 9.17) is 4.74 Å². The number of nitrogens with zero attached hydrogens (tertiary/aromatic N) is 1. The summed E-state index contributed by atoms with van der Waals surface area (Å²) in [6.45, 7) is 3.61. The van der Waals surface area contributed by atoms with E-state index >= 15 is 0 Å². The molecule has 0 atom stereocenters. The number of methoxy groups -OCH3 is 1. The van der Waals surface area contributed by atoms with E-state index in [1.807, 2.05) is 30.3 Å². The van der Waals surface area contributed by atoms with Crippen LogP contribution in [0.15, 0.2) is 35.1 Å². The third-order valence-electron chi connectivity index (χ3n) is 3.29. The average Bonchev–Trinajstić information content (AvgIpc) is 2.53. The minimum absolute atomic E-state index is 0.142. The molecule has 0 aliphatic heterocycles. The van der Waals surface area contributed by atoms with Crippen molar-refractivity contribution in [2.75, 3.05) is 13.7 Å². The minimum Gasteiger partial charge on any atom is -0.497 e. The van der Waals surface area contributed by atoms with Gasteiger partial charge in [-0.25, -0.2) is 5.10 Å². The molecule has 0 aliphatic rings. The first kappa shape index (κ1) is 15.3. The summed E-state index contributed by atoms with van der Waals surface area (Å²) in [4.78, 5) is 11.8. The predicted octanol–water partition coefficient (Wildman–Crippen LogP) is 2.34. The fraction of sp³-hybridized carbons (Fsp3) is 0.375. The molecule has 0 spiro atoms. The van der Waals surface area contributed by atoms with Crippen molar-refractivity contribution in [3.8, 4) is 17.0 Å². The second-order valence-electron chi connectivity index (χ2n) is 4.87. The van der Waals surface area contributed by atoms with Crippen LogP contribution in [0.3, 0.4) is 0 Å². The number of nitrogens with one attached hydrogen (secondary N) is 2. The first-order valence-corrected chi connectivity index (χ1v) is 7.18. The summed E-state index contributed by atoms with van der Waals surface area (Å²) in [7, 11) is 1.63. The monoisotopic (exact) mass is 287 g/mol. The summed E-state index contributed by atoms with van der Waals surface area (Å²) in [5.74, 6) is 0.796. The molecule has 0 radical (unpaired) electrons. The molecule has 0 saturated heterocycles. The van der Waals surface area contributed by atoms with Crippen LogP contribution in [0.5, 0.6) is 5.75 Å². The van der Waals surface area contributed by atoms with Crippen molar-refractivity contribution < 1.29 is 4.74 Å². The van der Waals surface area contributed by atoms with E-state index in [0.29, 0.717) is 12.1 Å². The van der Waals surface area contributed by atoms with Gasteiger partial charge in [0.05, 0.1) is 12.8 Å². The van der Waals surface area contributed by atoms with E-state index in [-0.39, 0.29) is 5.56 Å². The van der Waals surface area contributed by atoms with E-state index in [1.54, 1.807) is 7.11 Å². The highest BCUT2D eigenvalue weighted by atomic mass is 16.5. The lowest BCUT2D eigenvalue weighted by Gasteiger charge is -2.06. The standard InChI is InChI=1S/C16H21N3O2/c1-3-4-9-17-11-13-10-15(18-19-16(13)20)12-5-7-14(21-2)8-6-12/h5-8,10,17H,3-4,9,11H2,1-2H3,(H,19,20). The van der Waals surface area contributed by atoms with Gasteiger partial charge in [-0.2, -0.15) is 5.10 Å². The topological polar surface area (TPSA) is 67.0 Å². The maximum Gasteiger partial charge on any atom is 0.268 e. The van der Waals surface area contributed by atoms with Crippen molar-refractivity contribution >= 4 is 0 Å². The molecule has 0 unspecified atom stereocenters. The minimum atomic E-state index is -0.142. The van der Waals surface area contributed by atoms with Gasteiger partial charge in [0.2, 0.25) is 0 Å². The predicted molar refractivity (Wildman–Crippen MR) is 83.5 cm³/mol. The number of rotatable bonds is 7. The lowest BCUT2D eigenvalue weighted by atomic mass is 10.1. The summed E-state index contributed by atoms with van der Waals surface area (Å²) in [5.41, 5.74) is 2.26. The molecule has 1 heterocycles. The third-order valence-corrected chi connectivity index (χ3v) is 3.29. The Balaban J connectivity index is 2.15. The highest BCUT2D eigenvalue weighted by Gasteiger charge is 2.05. The molecule has 112 valence electrons. The number of aromatic amines is 1. The van der Waals surface area contributed by atoms with Crippen LogP contribution in [0.4, 0.5) is 0 Å². The fourth-order valence-corrected chi connectivity index (χ4v) is 2.01. The molecule has 2 N–H and O–H groups in total. The Morgan fingerprint density at radius 1 is 1.29 bits per heavy atom. The largest absolute Gasteiger partial charge is 0.497 e. The highest BCUT2D eigenvalue weighted by molar-refractivity contribution is 5.60. The molecule has 1 aromatic heterocycles. The van der Waals surface area contributed by atoms with Crippen molar-refractivity contribution in [1.29, 1.82) is 0 Å². The van der Waals surface area contributed by atoms with Crippen LogP contribution in [0.2, 0.25) is 0 Å². The molecule has 21 heavy (non-hydrogen) atoms. The number of hydrogen-bond donors (Lipinski definition) is 2. The number of H-pyrrole nitrogens is 1. The Labute approximate surface area is 124 Å². The molecule has 5 nitrogen and oxygen atoms in total. The maximum absolute atomic E-state index is 11.8. The van der Waals surface area contributed by atoms with Crippen LogP contribution < -0.4 is 15.6 Å². The van der Waals surface area contributed by atoms with E-state index in [1.165, 1.54) is 0 Å². The van der Waals surface area contributed by atoms with Gasteiger partial charge in [-0.15, -0.1) is 0 Å². The first-order chi connectivity index (χ1) is 10.2. The Kier molecular flexibility index (Phi) is 5.51. The molecule has 2 rings (SSSR count). The van der Waals surface area contributed by atoms with E-state index in [9.17, 15) is 4.79 Å². The molecule has 2 aromatic rings. The van der Waals surface area contributed by atoms with Gasteiger partial charge in [-0.05, 0) is 43.3 Å². The van der Waals surface area contributed by atoms with Crippen molar-refractivity contribution in [2.24, 2.45) is 0 Å². The zero-order chi connectivity index (χ0) is 15.1. The van der Waals surface area contributed by atoms with Crippen LogP contribution in [-0.4, -0.2) is 23.9 Å². The zero-order valence-electron chi connectivity index (χ0n) is 12.5. The molecule has 0 amide bonds. The van der Waals surface area contributed by atoms with Crippen molar-refractivity contribution in [3.05, 3.63) is 46.2 Å². The van der Waals surface area contributed by atoms with E-state index in [0.717, 1.165) is 36.4 Å². The first-order valence-electron chi connectivity index (χ1n) is 7.18. The Morgan fingerprint density at radius 3 is 2.71 bits per heavy atom. The Bertz CT molecular complexity index is 620. The molecule has 0 fully saturated rings. The molecule has 5 heteroatoms. The van der Waals surface area contributed by atoms with Crippen LogP contribution >= 0.6 is 0 Å². The molecule has 0 bridgehead atoms. The van der Waals surface area contributed by atoms with Gasteiger partial charge < -0.3 is 10.1 Å². The normalized spacial score (nSPS) is 10.6. The summed E-state index contributed by atoms with van der Waals surface area (Å²) < 4.78 is 5.14. The van der Waals surface area contributed by atoms with Crippen molar-refractivity contribution in [2.45, 2.75) is 26.3 Å². The summed E-state index contributed by atoms with van der Waals surface area (Å²) >= 11 is 0. The van der Waals surface area contributed by atoms with E-state index < -0.39 is 0 Å². The quantitative estimate of drug-likeness (QED) is 0.767. The lowest BCUT2D eigenvalue weighted by Crippen LogP contribution is -2.22. The number of hydrogen-bond acceptors (Lipinski definition) is 4. The molecular formula is C16H21N3O2. The number of ether oxygens (including phenoxy) is 1. The van der Waals surface area contributed by atoms with E-state index in [2.05, 4.69) is 22.4 Å². The smallest absolute Gasteiger partial charge is 0.268 e. The van der Waals surface area contributed by atoms with Gasteiger partial charge in [0.25, 0.3) is 5.56 Å². The number of unbranched alkanes of at least 4 members (excludes halogenated alkanes) is 1. The highest BCUT2D eigenvalue weighted by Crippen LogP contribution is 2.19. The zero-order valence-corrected chi connectivity index (χ0v) is 12.5. The SMILES string of the molecule is CCCCNCc1cc(-c2ccc(OC)cc2)n[nH]c1=O. The van der Waals surface area contributed by atoms with Gasteiger partial charge in [0, 0.05) is 17.7 Å². The van der Waals surface area contributed by atoms with Gasteiger partial charge in [-0.3, -0.25) is 4.79 Å². The van der Waals surface area contributed by atoms with Crippen LogP contribution in [0.25, 0.3) is 11.3 Å². The van der Waals surface area contributed by atoms with Gasteiger partial charge in [0.15, 0.2) is 0 Å². The summed E-state index contributed by atoms with van der Waals surface area (Å²) in [6, 6.07) is 9.43. The van der Waals surface area contributed by atoms with Crippen molar-refractivity contribution in [3.63, 3.8) is 0 Å². The van der Waals surface area contributed by atoms with Crippen LogP contribution in [-0.2, 0) is 6.54 Å². The Hall–Kier alpha value is -2.14. The Morgan fingerprint density at radius 2 is 2.05 bits per heavy atom. The summed E-state index contributed by atoms with van der Waals surface area (Å²) in [5, 5.41) is 9.94. The number of benzene rings is 1. The van der Waals surface area contributed by atoms with Gasteiger partial charge in [-0.1, -0.05) is 13.3 Å². The molecule has 0 aliphatic carbocycles. The molecule has 0 saturated carbocycles. The van der Waals surface area contributed by atoms with Crippen molar-refractivity contribution in [1.82, 2.24) is 15.5 Å². The second-order valence-corrected chi connectivity index (χ2v) is 4.87. The van der Waals surface area contributed by atoms with Gasteiger partial charge in [0.1, 0.15) is 5.75 Å². The molecule has 1 aromatic carbocycles. The van der Waals surface area contributed by atoms with Crippen LogP contribution in [0.1, 0.15) is 25.3 Å². The van der Waals surface area contributed by atoms with Gasteiger partial charge >= 0.3 is 0 Å². The number of aromatic nitrogens is 2. The fourth-order valence-electron chi connectivity index (χ4n) is 2.01. The third kappa shape index (κ3) is 4.16. The van der Waals surface area contributed by atoms with Crippen LogP contribution in [0, 0.1) is 0 Å².